The highest BCUT2D eigenvalue weighted by molar-refractivity contribution is 6.39. The number of hydrogen-bond donors (Lipinski definition) is 1. The highest BCUT2D eigenvalue weighted by atomic mass is 16.6. The van der Waals surface area contributed by atoms with Crippen molar-refractivity contribution >= 4 is 28.9 Å². The van der Waals surface area contributed by atoms with Gasteiger partial charge in [-0.05, 0) is 57.9 Å². The summed E-state index contributed by atoms with van der Waals surface area (Å²) in [4.78, 5) is 37.2. The lowest BCUT2D eigenvalue weighted by molar-refractivity contribution is -0.384. The van der Waals surface area contributed by atoms with Gasteiger partial charge < -0.3 is 9.84 Å². The van der Waals surface area contributed by atoms with E-state index in [2.05, 4.69) is 0 Å². The van der Waals surface area contributed by atoms with Gasteiger partial charge in [0, 0.05) is 23.3 Å². The Balaban J connectivity index is 1.92. The van der Waals surface area contributed by atoms with Crippen LogP contribution in [0.3, 0.4) is 0 Å². The predicted molar refractivity (Wildman–Crippen MR) is 115 cm³/mol. The molecule has 2 aromatic carbocycles. The van der Waals surface area contributed by atoms with Gasteiger partial charge in [-0.25, -0.2) is 9.69 Å². The number of ether oxygens (including phenoxy) is 1. The van der Waals surface area contributed by atoms with Gasteiger partial charge in [-0.15, -0.1) is 0 Å². The van der Waals surface area contributed by atoms with E-state index in [0.29, 0.717) is 28.0 Å². The second kappa shape index (κ2) is 8.31. The summed E-state index contributed by atoms with van der Waals surface area (Å²) in [6.45, 7) is 6.89. The van der Waals surface area contributed by atoms with E-state index in [4.69, 9.17) is 4.74 Å². The third-order valence-electron chi connectivity index (χ3n) is 4.82. The van der Waals surface area contributed by atoms with Gasteiger partial charge in [0.1, 0.15) is 5.60 Å². The summed E-state index contributed by atoms with van der Waals surface area (Å²) < 4.78 is 5.40. The van der Waals surface area contributed by atoms with Gasteiger partial charge >= 0.3 is 6.09 Å². The van der Waals surface area contributed by atoms with Crippen LogP contribution in [0.2, 0.25) is 0 Å². The Labute approximate surface area is 179 Å². The zero-order valence-corrected chi connectivity index (χ0v) is 17.8. The summed E-state index contributed by atoms with van der Waals surface area (Å²) >= 11 is 0. The average molecular weight is 424 g/mol. The number of anilines is 1. The fourth-order valence-electron chi connectivity index (χ4n) is 3.45. The maximum absolute atomic E-state index is 13.2. The van der Waals surface area contributed by atoms with Crippen LogP contribution in [0, 0.1) is 10.1 Å². The summed E-state index contributed by atoms with van der Waals surface area (Å²) in [5.74, 6) is -0.510. The first-order chi connectivity index (χ1) is 14.5. The number of aliphatic hydroxyl groups excluding tert-OH is 1. The van der Waals surface area contributed by atoms with E-state index in [9.17, 15) is 24.8 Å². The standard InChI is InChI=1S/C23H24N2O6/c1-14(13-19(26)15-9-11-16(12-10-15)25(29)30)20-17-7-5-6-8-18(17)24(21(20)27)22(28)31-23(2,3)4/h5-12,19,26H,13H2,1-4H3/b20-14-/t19-/m1/s1. The largest absolute Gasteiger partial charge is 0.443 e. The summed E-state index contributed by atoms with van der Waals surface area (Å²) in [6, 6.07) is 12.5. The summed E-state index contributed by atoms with van der Waals surface area (Å²) in [7, 11) is 0. The molecular formula is C23H24N2O6. The van der Waals surface area contributed by atoms with Crippen molar-refractivity contribution in [2.45, 2.75) is 45.8 Å². The summed E-state index contributed by atoms with van der Waals surface area (Å²) in [5.41, 5.74) is 1.61. The second-order valence-electron chi connectivity index (χ2n) is 8.36. The first-order valence-corrected chi connectivity index (χ1v) is 9.78. The van der Waals surface area contributed by atoms with E-state index < -0.39 is 28.6 Å². The molecule has 1 heterocycles. The number of amides is 2. The van der Waals surface area contributed by atoms with Gasteiger partial charge in [-0.2, -0.15) is 0 Å². The molecule has 0 bridgehead atoms. The van der Waals surface area contributed by atoms with Crippen molar-refractivity contribution in [1.82, 2.24) is 0 Å². The van der Waals surface area contributed by atoms with Crippen LogP contribution in [0.25, 0.3) is 5.57 Å². The molecule has 2 amide bonds. The minimum atomic E-state index is -0.969. The minimum absolute atomic E-state index is 0.0704. The Hall–Kier alpha value is -3.52. The number of carbonyl (C=O) groups excluding carboxylic acids is 2. The van der Waals surface area contributed by atoms with Gasteiger partial charge in [0.05, 0.1) is 16.7 Å². The molecule has 31 heavy (non-hydrogen) atoms. The highest BCUT2D eigenvalue weighted by Crippen LogP contribution is 2.40. The van der Waals surface area contributed by atoms with Crippen molar-refractivity contribution in [3.8, 4) is 0 Å². The molecule has 1 N–H and O–H groups in total. The van der Waals surface area contributed by atoms with Crippen LogP contribution in [0.5, 0.6) is 0 Å². The van der Waals surface area contributed by atoms with E-state index in [1.165, 1.54) is 24.3 Å². The van der Waals surface area contributed by atoms with Gasteiger partial charge in [0.2, 0.25) is 0 Å². The third-order valence-corrected chi connectivity index (χ3v) is 4.82. The van der Waals surface area contributed by atoms with Crippen molar-refractivity contribution in [2.75, 3.05) is 4.90 Å². The molecule has 8 heteroatoms. The van der Waals surface area contributed by atoms with Gasteiger partial charge in [0.25, 0.3) is 11.6 Å². The van der Waals surface area contributed by atoms with Crippen molar-refractivity contribution in [3.63, 3.8) is 0 Å². The maximum Gasteiger partial charge on any atom is 0.422 e. The Morgan fingerprint density at radius 3 is 2.35 bits per heavy atom. The monoisotopic (exact) mass is 424 g/mol. The molecule has 0 aromatic heterocycles. The molecular weight excluding hydrogens is 400 g/mol. The van der Waals surface area contributed by atoms with Crippen LogP contribution >= 0.6 is 0 Å². The molecule has 162 valence electrons. The van der Waals surface area contributed by atoms with E-state index in [1.807, 2.05) is 0 Å². The molecule has 1 atom stereocenters. The van der Waals surface area contributed by atoms with Crippen LogP contribution in [-0.2, 0) is 9.53 Å². The Kier molecular flexibility index (Phi) is 5.94. The molecule has 0 radical (unpaired) electrons. The number of benzene rings is 2. The average Bonchev–Trinajstić information content (AvgIpc) is 2.98. The predicted octanol–water partition coefficient (Wildman–Crippen LogP) is 4.77. The third kappa shape index (κ3) is 4.64. The molecule has 3 rings (SSSR count). The maximum atomic E-state index is 13.2. The number of fused-ring (bicyclic) bond motifs is 1. The van der Waals surface area contributed by atoms with E-state index in [1.54, 1.807) is 52.0 Å². The van der Waals surface area contributed by atoms with Crippen molar-refractivity contribution in [2.24, 2.45) is 0 Å². The molecule has 8 nitrogen and oxygen atoms in total. The Morgan fingerprint density at radius 1 is 1.16 bits per heavy atom. The van der Waals surface area contributed by atoms with Gasteiger partial charge in [-0.3, -0.25) is 14.9 Å². The number of aliphatic hydroxyl groups is 1. The van der Waals surface area contributed by atoms with Gasteiger partial charge in [-0.1, -0.05) is 23.8 Å². The molecule has 0 spiro atoms. The lowest BCUT2D eigenvalue weighted by Gasteiger charge is -2.23. The number of rotatable bonds is 4. The van der Waals surface area contributed by atoms with Crippen LogP contribution < -0.4 is 4.90 Å². The molecule has 0 unspecified atom stereocenters. The normalized spacial score (nSPS) is 16.0. The Bertz CT molecular complexity index is 1070. The topological polar surface area (TPSA) is 110 Å². The number of para-hydroxylation sites is 1. The highest BCUT2D eigenvalue weighted by Gasteiger charge is 2.40. The zero-order chi connectivity index (χ0) is 22.9. The number of nitro groups is 1. The lowest BCUT2D eigenvalue weighted by Crippen LogP contribution is -2.38. The number of imide groups is 1. The molecule has 0 saturated heterocycles. The molecule has 0 aliphatic carbocycles. The SMILES string of the molecule is C/C(C[C@@H](O)c1ccc([N+](=O)[O-])cc1)=C1/C(=O)N(C(=O)OC(C)(C)C)c2ccccc21. The Morgan fingerprint density at radius 2 is 1.77 bits per heavy atom. The summed E-state index contributed by atoms with van der Waals surface area (Å²) in [6.07, 6.45) is -1.61. The molecule has 0 fully saturated rings. The summed E-state index contributed by atoms with van der Waals surface area (Å²) in [5, 5.41) is 21.4. The quantitative estimate of drug-likeness (QED) is 0.430. The van der Waals surface area contributed by atoms with E-state index >= 15 is 0 Å². The number of non-ortho nitro benzene ring substituents is 1. The number of hydrogen-bond acceptors (Lipinski definition) is 6. The first-order valence-electron chi connectivity index (χ1n) is 9.78. The van der Waals surface area contributed by atoms with Crippen LogP contribution in [-0.4, -0.2) is 27.6 Å². The lowest BCUT2D eigenvalue weighted by atomic mass is 9.95. The molecule has 0 saturated carbocycles. The second-order valence-corrected chi connectivity index (χ2v) is 8.36. The minimum Gasteiger partial charge on any atom is -0.443 e. The fraction of sp³-hybridized carbons (Fsp3) is 0.304. The van der Waals surface area contributed by atoms with E-state index in [-0.39, 0.29) is 12.1 Å². The fourth-order valence-corrected chi connectivity index (χ4v) is 3.45. The van der Waals surface area contributed by atoms with Crippen molar-refractivity contribution in [1.29, 1.82) is 0 Å². The van der Waals surface area contributed by atoms with Crippen LogP contribution in [0.15, 0.2) is 54.1 Å². The zero-order valence-electron chi connectivity index (χ0n) is 17.8. The van der Waals surface area contributed by atoms with Crippen molar-refractivity contribution < 1.29 is 24.4 Å². The molecule has 1 aliphatic heterocycles. The first kappa shape index (κ1) is 22.2. The van der Waals surface area contributed by atoms with Crippen molar-refractivity contribution in [3.05, 3.63) is 75.3 Å². The number of carbonyl (C=O) groups is 2. The molecule has 2 aromatic rings. The molecule has 1 aliphatic rings. The number of nitrogens with zero attached hydrogens (tertiary/aromatic N) is 2. The number of nitro benzene ring substituents is 1. The van der Waals surface area contributed by atoms with E-state index in [0.717, 1.165) is 4.90 Å². The van der Waals surface area contributed by atoms with Crippen LogP contribution in [0.4, 0.5) is 16.2 Å². The van der Waals surface area contributed by atoms with Gasteiger partial charge in [0.15, 0.2) is 0 Å². The smallest absolute Gasteiger partial charge is 0.422 e. The van der Waals surface area contributed by atoms with Crippen LogP contribution in [0.1, 0.15) is 51.3 Å².